The van der Waals surface area contributed by atoms with Crippen LogP contribution in [0.4, 0.5) is 0 Å². The summed E-state index contributed by atoms with van der Waals surface area (Å²) in [6.07, 6.45) is -39.9. The van der Waals surface area contributed by atoms with E-state index in [1.165, 1.54) is 0 Å². The predicted octanol–water partition coefficient (Wildman–Crippen LogP) is -59.7. The number of aliphatic hydroxyl groups excluding tert-OH is 15. The first-order chi connectivity index (χ1) is 60.5. The third-order valence-electron chi connectivity index (χ3n) is 9.67. The molecule has 35 N–H and O–H groups in total. The van der Waals surface area contributed by atoms with E-state index >= 15 is 0 Å². The summed E-state index contributed by atoms with van der Waals surface area (Å²) >= 11 is 0. The summed E-state index contributed by atoms with van der Waals surface area (Å²) in [5.74, 6) is -45.6. The Morgan fingerprint density at radius 2 is 0.152 bits per heavy atom. The van der Waals surface area contributed by atoms with Crippen LogP contribution in [0.15, 0.2) is 0 Å². The van der Waals surface area contributed by atoms with Gasteiger partial charge in [-0.15, -0.1) is 0 Å². The summed E-state index contributed by atoms with van der Waals surface area (Å²) < 4.78 is 0. The van der Waals surface area contributed by atoms with E-state index in [2.05, 4.69) is 0 Å². The Bertz CT molecular complexity index is 2920. The molecule has 0 rings (SSSR count). The van der Waals surface area contributed by atoms with Gasteiger partial charge in [-0.1, -0.05) is 0 Å². The summed E-state index contributed by atoms with van der Waals surface area (Å²) in [7, 11) is 0. The maximum absolute atomic E-state index is 9.72. The van der Waals surface area contributed by atoms with E-state index in [9.17, 15) is 195 Å². The second kappa shape index (κ2) is 124. The van der Waals surface area contributed by atoms with Crippen molar-refractivity contribution in [2.24, 2.45) is 0 Å². The number of carboxylic acids is 30. The van der Waals surface area contributed by atoms with E-state index in [4.69, 9.17) is 179 Å². The third-order valence-corrected chi connectivity index (χ3v) is 9.67. The summed E-state index contributed by atoms with van der Waals surface area (Å²) in [6.45, 7) is 0. The van der Waals surface area contributed by atoms with Gasteiger partial charge in [-0.05, 0) is 0 Å². The van der Waals surface area contributed by atoms with Crippen LogP contribution in [0.2, 0.25) is 0 Å². The van der Waals surface area contributed by atoms with Gasteiger partial charge in [0.15, 0.2) is 30.5 Å². The van der Waals surface area contributed by atoms with E-state index in [-0.39, 0.29) is 296 Å². The third kappa shape index (κ3) is 196. The predicted molar refractivity (Wildman–Crippen MR) is 362 cm³/mol. The van der Waals surface area contributed by atoms with Crippen molar-refractivity contribution in [1.29, 1.82) is 0 Å². The van der Waals surface area contributed by atoms with Gasteiger partial charge in [0.25, 0.3) is 0 Å². The molecule has 0 aromatic rings. The summed E-state index contributed by atoms with van der Waals surface area (Å²) in [5, 5.41) is 378. The van der Waals surface area contributed by atoms with Gasteiger partial charge in [0.1, 0.15) is 61.0 Å². The van der Waals surface area contributed by atoms with Crippen LogP contribution in [0.3, 0.4) is 0 Å². The average Bonchev–Trinajstić information content (AvgIpc) is 1.12. The molecule has 0 aliphatic carbocycles. The molecule has 0 radical (unpaired) electrons. The molecule has 0 amide bonds. The first-order valence-corrected chi connectivity index (χ1v) is 32.3. The number of rotatable bonds is 45. The molecule has 0 spiro atoms. The van der Waals surface area contributed by atoms with E-state index < -0.39 is 367 Å². The van der Waals surface area contributed by atoms with E-state index in [0.29, 0.717) is 0 Å². The van der Waals surface area contributed by atoms with Gasteiger partial charge in [0.2, 0.25) is 0 Å². The van der Waals surface area contributed by atoms with E-state index in [1.54, 1.807) is 0 Å². The SMILES string of the molecule is O=C(O)CC(O)C(=O)O.O=C(O)CC(O)C(=O)O.O=C(O)CC(O)C(=O)O.O=C(O)CC(O)C(=O)O.O=C(O)CC(O)C(=O)O.O=C(O)CC(O)C(=O)[O-].O=C(O)CC(O)C(=O)[O-].O=C(O)CC(O)C(=O)[O-].O=C(O)CC(O)C(=O)[O-].O=C(O)CC(O)C(=O)[O-].O=C(O)CC(O)C(=O)[O-].O=C(O)CC(O)C(=O)[O-].O=C(O)CC(O)C(=O)[O-].O=C(O)CC(O)C(=O)[O-].O=C(O)CC(O)C(=O)[O-].[Na+].[Na+].[Na+].[Na+].[Na+].[Na+].[Na+].[Na+].[Na+].[Na+]. The van der Waals surface area contributed by atoms with Crippen LogP contribution in [0.1, 0.15) is 96.3 Å². The fourth-order valence-electron chi connectivity index (χ4n) is 3.75. The molecule has 0 aromatic heterocycles. The number of carbonyl (C=O) groups is 30. The second-order valence-corrected chi connectivity index (χ2v) is 21.6. The minimum absolute atomic E-state index is 0. The standard InChI is InChI=1S/15C4H6O5.10Na/c15*5-2(4(8)9)1-3(6)7;;;;;;;;;;/h15*2,5H,1H2,(H,6,7)(H,8,9);;;;;;;;;;/q;;;;;;;;;;;;;;;10*+1/p-10. The molecule has 85 heteroatoms. The van der Waals surface area contributed by atoms with Gasteiger partial charge < -0.3 is 278 Å². The fourth-order valence-corrected chi connectivity index (χ4v) is 3.75. The van der Waals surface area contributed by atoms with Crippen LogP contribution >= 0.6 is 0 Å². The molecule has 0 aliphatic rings. The van der Waals surface area contributed by atoms with E-state index in [0.717, 1.165) is 0 Å². The molecule has 0 saturated carbocycles. The maximum Gasteiger partial charge on any atom is 1.00 e. The number of hydrogen-bond donors (Lipinski definition) is 35. The van der Waals surface area contributed by atoms with Crippen molar-refractivity contribution in [3.63, 3.8) is 0 Å². The second-order valence-electron chi connectivity index (χ2n) is 21.6. The number of aliphatic carboxylic acids is 30. The van der Waals surface area contributed by atoms with Crippen molar-refractivity contribution in [2.75, 3.05) is 0 Å². The molecular weight excluding hydrogens is 2150 g/mol. The topological polar surface area (TPSA) is 1450 Å². The number of aliphatic hydroxyl groups is 15. The zero-order valence-corrected chi connectivity index (χ0v) is 96.2. The fraction of sp³-hybridized carbons (Fsp3) is 0.500. The van der Waals surface area contributed by atoms with Crippen LogP contribution in [-0.2, 0) is 144 Å². The van der Waals surface area contributed by atoms with Crippen LogP contribution in [0.5, 0.6) is 0 Å². The molecule has 0 saturated heterocycles. The Balaban J connectivity index is -0.0000000460. The minimum atomic E-state index is -1.90. The molecule has 0 aromatic carbocycles. The first kappa shape index (κ1) is 203. The number of carbonyl (C=O) groups excluding carboxylic acids is 10. The zero-order chi connectivity index (χ0) is 112. The van der Waals surface area contributed by atoms with Crippen molar-refractivity contribution in [2.45, 2.75) is 188 Å². The van der Waals surface area contributed by atoms with Crippen molar-refractivity contribution >= 4 is 179 Å². The van der Waals surface area contributed by atoms with Gasteiger partial charge in [0.05, 0.1) is 156 Å². The first-order valence-electron chi connectivity index (χ1n) is 32.3. The number of hydrogen-bond acceptors (Lipinski definition) is 55. The Morgan fingerprint density at radius 3 is 0.166 bits per heavy atom. The largest absolute Gasteiger partial charge is 1.00 e. The Kier molecular flexibility index (Phi) is 174. The van der Waals surface area contributed by atoms with Crippen LogP contribution in [-0.4, -0.2) is 449 Å². The van der Waals surface area contributed by atoms with Crippen molar-refractivity contribution in [3.8, 4) is 0 Å². The summed E-state index contributed by atoms with van der Waals surface area (Å²) in [4.78, 5) is 290. The monoisotopic (exact) mass is 2230 g/mol. The van der Waals surface area contributed by atoms with Gasteiger partial charge in [0, 0.05) is 0 Å². The molecule has 15 atom stereocenters. The van der Waals surface area contributed by atoms with Crippen LogP contribution < -0.4 is 347 Å². The quantitative estimate of drug-likeness (QED) is 0.0252. The molecule has 15 unspecified atom stereocenters. The van der Waals surface area contributed by atoms with Crippen molar-refractivity contribution < 1.29 is 669 Å². The minimum Gasteiger partial charge on any atom is -0.547 e. The maximum atomic E-state index is 9.72. The van der Waals surface area contributed by atoms with Crippen molar-refractivity contribution in [3.05, 3.63) is 0 Å². The molecule has 145 heavy (non-hydrogen) atoms. The Morgan fingerprint density at radius 1 is 0.110 bits per heavy atom. The van der Waals surface area contributed by atoms with Gasteiger partial charge in [-0.3, -0.25) is 71.9 Å². The van der Waals surface area contributed by atoms with E-state index in [1.807, 2.05) is 0 Å². The summed E-state index contributed by atoms with van der Waals surface area (Å²) in [6, 6.07) is 0. The van der Waals surface area contributed by atoms with Crippen molar-refractivity contribution in [1.82, 2.24) is 0 Å². The molecule has 0 bridgehead atoms. The van der Waals surface area contributed by atoms with Gasteiger partial charge >= 0.3 is 415 Å². The smallest absolute Gasteiger partial charge is 0.547 e. The Hall–Kier alpha value is -6.50. The molecule has 75 nitrogen and oxygen atoms in total. The normalized spacial score (nSPS) is 11.7. The molecule has 0 heterocycles. The molecular formula is C60H80Na10O75. The molecule has 780 valence electrons. The zero-order valence-electron chi connectivity index (χ0n) is 76.2. The van der Waals surface area contributed by atoms with Gasteiger partial charge in [-0.2, -0.15) is 0 Å². The number of carboxylic acid groups (broad SMARTS) is 30. The van der Waals surface area contributed by atoms with Gasteiger partial charge in [-0.25, -0.2) is 24.0 Å². The van der Waals surface area contributed by atoms with Crippen LogP contribution in [0.25, 0.3) is 0 Å². The van der Waals surface area contributed by atoms with Crippen LogP contribution in [0, 0.1) is 0 Å². The molecule has 0 aliphatic heterocycles. The summed E-state index contributed by atoms with van der Waals surface area (Å²) in [5.41, 5.74) is 0. The Labute approximate surface area is 1020 Å². The average molecular weight is 2230 g/mol. The molecule has 0 fully saturated rings.